The van der Waals surface area contributed by atoms with Crippen molar-refractivity contribution in [2.75, 3.05) is 34.0 Å². The molecule has 136 valence electrons. The van der Waals surface area contributed by atoms with E-state index >= 15 is 0 Å². The van der Waals surface area contributed by atoms with Crippen LogP contribution < -0.4 is 9.47 Å². The standard InChI is InChI=1S/C19H25NO5/c1-22-16-8-6-14(13-17(16)23-2)7-9-18(21)20-10-4-3-5-15(20)19-24-11-12-25-19/h6-9,13,15,19H,3-5,10-12H2,1-2H3/b9-7+/t15-/m1/s1. The van der Waals surface area contributed by atoms with E-state index in [0.29, 0.717) is 24.7 Å². The van der Waals surface area contributed by atoms with Gasteiger partial charge in [-0.1, -0.05) is 6.07 Å². The molecule has 3 rings (SSSR count). The number of hydrogen-bond acceptors (Lipinski definition) is 5. The summed E-state index contributed by atoms with van der Waals surface area (Å²) in [6, 6.07) is 5.56. The van der Waals surface area contributed by atoms with Crippen LogP contribution in [-0.2, 0) is 14.3 Å². The molecule has 6 nitrogen and oxygen atoms in total. The van der Waals surface area contributed by atoms with Gasteiger partial charge in [0.25, 0.3) is 0 Å². The number of ether oxygens (including phenoxy) is 4. The number of nitrogens with zero attached hydrogens (tertiary/aromatic N) is 1. The van der Waals surface area contributed by atoms with Gasteiger partial charge >= 0.3 is 0 Å². The fourth-order valence-corrected chi connectivity index (χ4v) is 3.33. The van der Waals surface area contributed by atoms with Crippen molar-refractivity contribution in [2.45, 2.75) is 31.6 Å². The highest BCUT2D eigenvalue weighted by Crippen LogP contribution is 2.28. The highest BCUT2D eigenvalue weighted by molar-refractivity contribution is 5.92. The number of likely N-dealkylation sites (tertiary alicyclic amines) is 1. The SMILES string of the molecule is COc1ccc(/C=C/C(=O)N2CCCC[C@@H]2C2OCCO2)cc1OC. The van der Waals surface area contributed by atoms with E-state index in [2.05, 4.69) is 0 Å². The maximum atomic E-state index is 12.7. The Labute approximate surface area is 148 Å². The number of carbonyl (C=O) groups excluding carboxylic acids is 1. The van der Waals surface area contributed by atoms with E-state index in [4.69, 9.17) is 18.9 Å². The predicted octanol–water partition coefficient (Wildman–Crippen LogP) is 2.47. The normalized spacial score (nSPS) is 21.7. The smallest absolute Gasteiger partial charge is 0.246 e. The van der Waals surface area contributed by atoms with Crippen molar-refractivity contribution in [3.63, 3.8) is 0 Å². The molecular weight excluding hydrogens is 322 g/mol. The Bertz CT molecular complexity index is 624. The first-order valence-corrected chi connectivity index (χ1v) is 8.67. The van der Waals surface area contributed by atoms with Gasteiger partial charge in [0.2, 0.25) is 5.91 Å². The Hall–Kier alpha value is -2.05. The zero-order chi connectivity index (χ0) is 17.6. The molecule has 0 N–H and O–H groups in total. The topological polar surface area (TPSA) is 57.2 Å². The van der Waals surface area contributed by atoms with Crippen molar-refractivity contribution in [3.8, 4) is 11.5 Å². The third-order valence-electron chi connectivity index (χ3n) is 4.62. The van der Waals surface area contributed by atoms with Crippen molar-refractivity contribution in [3.05, 3.63) is 29.8 Å². The van der Waals surface area contributed by atoms with Crippen LogP contribution in [-0.4, -0.2) is 57.1 Å². The van der Waals surface area contributed by atoms with E-state index in [-0.39, 0.29) is 18.2 Å². The van der Waals surface area contributed by atoms with Crippen molar-refractivity contribution < 1.29 is 23.7 Å². The molecule has 0 spiro atoms. The van der Waals surface area contributed by atoms with Gasteiger partial charge in [0.05, 0.1) is 33.5 Å². The maximum Gasteiger partial charge on any atom is 0.246 e. The molecule has 0 aromatic heterocycles. The van der Waals surface area contributed by atoms with Crippen molar-refractivity contribution >= 4 is 12.0 Å². The summed E-state index contributed by atoms with van der Waals surface area (Å²) in [5.74, 6) is 1.29. The molecule has 1 aromatic carbocycles. The second-order valence-electron chi connectivity index (χ2n) is 6.15. The molecule has 25 heavy (non-hydrogen) atoms. The number of carbonyl (C=O) groups is 1. The molecule has 0 aliphatic carbocycles. The van der Waals surface area contributed by atoms with Crippen molar-refractivity contribution in [1.82, 2.24) is 4.90 Å². The van der Waals surface area contributed by atoms with Crippen molar-refractivity contribution in [1.29, 1.82) is 0 Å². The molecule has 1 atom stereocenters. The molecule has 0 unspecified atom stereocenters. The zero-order valence-corrected chi connectivity index (χ0v) is 14.8. The molecule has 0 saturated carbocycles. The molecule has 2 aliphatic rings. The molecule has 0 bridgehead atoms. The number of benzene rings is 1. The predicted molar refractivity (Wildman–Crippen MR) is 93.6 cm³/mol. The minimum atomic E-state index is -0.293. The molecule has 6 heteroatoms. The maximum absolute atomic E-state index is 12.7. The number of methoxy groups -OCH3 is 2. The van der Waals surface area contributed by atoms with E-state index in [1.807, 2.05) is 23.1 Å². The van der Waals surface area contributed by atoms with Crippen LogP contribution in [0.25, 0.3) is 6.08 Å². The van der Waals surface area contributed by atoms with Gasteiger partial charge in [-0.15, -0.1) is 0 Å². The monoisotopic (exact) mass is 347 g/mol. The van der Waals surface area contributed by atoms with Crippen LogP contribution in [0.2, 0.25) is 0 Å². The fraction of sp³-hybridized carbons (Fsp3) is 0.526. The lowest BCUT2D eigenvalue weighted by molar-refractivity contribution is -0.145. The van der Waals surface area contributed by atoms with E-state index in [1.54, 1.807) is 26.4 Å². The molecule has 2 aliphatic heterocycles. The van der Waals surface area contributed by atoms with Crippen LogP contribution in [0.15, 0.2) is 24.3 Å². The van der Waals surface area contributed by atoms with Gasteiger partial charge in [-0.25, -0.2) is 0 Å². The molecule has 1 amide bonds. The van der Waals surface area contributed by atoms with Gasteiger partial charge in [0.15, 0.2) is 17.8 Å². The third kappa shape index (κ3) is 4.14. The summed E-state index contributed by atoms with van der Waals surface area (Å²) < 4.78 is 21.8. The summed E-state index contributed by atoms with van der Waals surface area (Å²) in [4.78, 5) is 14.6. The molecule has 1 aromatic rings. The van der Waals surface area contributed by atoms with E-state index in [0.717, 1.165) is 31.4 Å². The minimum Gasteiger partial charge on any atom is -0.493 e. The summed E-state index contributed by atoms with van der Waals surface area (Å²) in [5, 5.41) is 0. The average Bonchev–Trinajstić information content (AvgIpc) is 3.20. The Morgan fingerprint density at radius 2 is 1.92 bits per heavy atom. The molecular formula is C19H25NO5. The lowest BCUT2D eigenvalue weighted by Gasteiger charge is -2.37. The summed E-state index contributed by atoms with van der Waals surface area (Å²) in [6.45, 7) is 1.94. The van der Waals surface area contributed by atoms with Crippen LogP contribution in [0, 0.1) is 0 Å². The van der Waals surface area contributed by atoms with Crippen LogP contribution in [0.4, 0.5) is 0 Å². The summed E-state index contributed by atoms with van der Waals surface area (Å²) in [6.07, 6.45) is 6.14. The largest absolute Gasteiger partial charge is 0.493 e. The second-order valence-corrected chi connectivity index (χ2v) is 6.15. The number of rotatable bonds is 5. The van der Waals surface area contributed by atoms with Gasteiger partial charge in [0, 0.05) is 12.6 Å². The van der Waals surface area contributed by atoms with Gasteiger partial charge < -0.3 is 23.8 Å². The fourth-order valence-electron chi connectivity index (χ4n) is 3.33. The Morgan fingerprint density at radius 3 is 2.64 bits per heavy atom. The lowest BCUT2D eigenvalue weighted by Crippen LogP contribution is -2.49. The van der Waals surface area contributed by atoms with Gasteiger partial charge in [0.1, 0.15) is 0 Å². The van der Waals surface area contributed by atoms with E-state index in [9.17, 15) is 4.79 Å². The Morgan fingerprint density at radius 1 is 1.16 bits per heavy atom. The third-order valence-corrected chi connectivity index (χ3v) is 4.62. The highest BCUT2D eigenvalue weighted by atomic mass is 16.7. The number of amides is 1. The number of piperidine rings is 1. The molecule has 2 saturated heterocycles. The van der Waals surface area contributed by atoms with Crippen LogP contribution in [0.3, 0.4) is 0 Å². The van der Waals surface area contributed by atoms with Crippen LogP contribution in [0.1, 0.15) is 24.8 Å². The van der Waals surface area contributed by atoms with E-state index in [1.165, 1.54) is 0 Å². The summed E-state index contributed by atoms with van der Waals surface area (Å²) in [7, 11) is 3.19. The Kier molecular flexibility index (Phi) is 5.94. The minimum absolute atomic E-state index is 0.00111. The average molecular weight is 347 g/mol. The molecule has 2 heterocycles. The van der Waals surface area contributed by atoms with Crippen molar-refractivity contribution in [2.24, 2.45) is 0 Å². The van der Waals surface area contributed by atoms with Gasteiger partial charge in [-0.2, -0.15) is 0 Å². The first kappa shape index (κ1) is 17.8. The quantitative estimate of drug-likeness (QED) is 0.766. The van der Waals surface area contributed by atoms with E-state index < -0.39 is 0 Å². The summed E-state index contributed by atoms with van der Waals surface area (Å²) >= 11 is 0. The lowest BCUT2D eigenvalue weighted by atomic mass is 10.0. The summed E-state index contributed by atoms with van der Waals surface area (Å²) in [5.41, 5.74) is 0.882. The molecule has 0 radical (unpaired) electrons. The second kappa shape index (κ2) is 8.36. The first-order valence-electron chi connectivity index (χ1n) is 8.67. The van der Waals surface area contributed by atoms with Gasteiger partial charge in [-0.3, -0.25) is 4.79 Å². The van der Waals surface area contributed by atoms with Crippen LogP contribution in [0.5, 0.6) is 11.5 Å². The number of hydrogen-bond donors (Lipinski definition) is 0. The highest BCUT2D eigenvalue weighted by Gasteiger charge is 2.35. The zero-order valence-electron chi connectivity index (χ0n) is 14.8. The Balaban J connectivity index is 1.70. The molecule has 2 fully saturated rings. The first-order chi connectivity index (χ1) is 12.2. The van der Waals surface area contributed by atoms with Gasteiger partial charge in [-0.05, 0) is 43.0 Å². The van der Waals surface area contributed by atoms with Crippen LogP contribution >= 0.6 is 0 Å².